The molecule has 0 spiro atoms. The summed E-state index contributed by atoms with van der Waals surface area (Å²) >= 11 is 2.03. The van der Waals surface area contributed by atoms with E-state index in [1.165, 1.54) is 0 Å². The minimum absolute atomic E-state index is 0.295. The van der Waals surface area contributed by atoms with Crippen LogP contribution in [-0.2, 0) is 7.05 Å². The Balaban J connectivity index is 2.30. The molecular weight excluding hydrogens is 220 g/mol. The van der Waals surface area contributed by atoms with Crippen LogP contribution in [0.4, 0.5) is 11.5 Å². The van der Waals surface area contributed by atoms with Gasteiger partial charge in [-0.3, -0.25) is 4.68 Å². The van der Waals surface area contributed by atoms with Crippen LogP contribution in [0.15, 0.2) is 0 Å². The van der Waals surface area contributed by atoms with Gasteiger partial charge >= 0.3 is 0 Å². The van der Waals surface area contributed by atoms with E-state index in [1.807, 2.05) is 30.4 Å². The minimum Gasteiger partial charge on any atom is -0.394 e. The van der Waals surface area contributed by atoms with Crippen molar-refractivity contribution in [3.05, 3.63) is 5.69 Å². The quantitative estimate of drug-likeness (QED) is 0.810. The Labute approximate surface area is 101 Å². The first-order chi connectivity index (χ1) is 7.41. The van der Waals surface area contributed by atoms with Crippen molar-refractivity contribution >= 4 is 23.3 Å². The van der Waals surface area contributed by atoms with Crippen LogP contribution in [0.5, 0.6) is 0 Å². The number of thioether (sulfide) groups is 1. The van der Waals surface area contributed by atoms with Gasteiger partial charge in [0, 0.05) is 30.6 Å². The van der Waals surface area contributed by atoms with E-state index in [2.05, 4.69) is 23.8 Å². The number of nitrogen functional groups attached to an aromatic ring is 1. The van der Waals surface area contributed by atoms with E-state index in [0.29, 0.717) is 4.75 Å². The number of hydrogen-bond acceptors (Lipinski definition) is 4. The zero-order chi connectivity index (χ0) is 11.9. The van der Waals surface area contributed by atoms with Gasteiger partial charge in [-0.15, -0.1) is 0 Å². The van der Waals surface area contributed by atoms with Gasteiger partial charge in [0.15, 0.2) is 0 Å². The lowest BCUT2D eigenvalue weighted by Gasteiger charge is -2.38. The topological polar surface area (TPSA) is 47.1 Å². The largest absolute Gasteiger partial charge is 0.394 e. The molecule has 2 N–H and O–H groups in total. The Morgan fingerprint density at radius 2 is 2.12 bits per heavy atom. The summed E-state index contributed by atoms with van der Waals surface area (Å²) in [6, 6.07) is 0. The van der Waals surface area contributed by atoms with E-state index in [9.17, 15) is 0 Å². The lowest BCUT2D eigenvalue weighted by molar-refractivity contribution is 0.622. The van der Waals surface area contributed by atoms with Crippen molar-refractivity contribution in [3.8, 4) is 0 Å². The van der Waals surface area contributed by atoms with Gasteiger partial charge in [-0.05, 0) is 20.8 Å². The summed E-state index contributed by atoms with van der Waals surface area (Å²) in [5, 5.41) is 4.38. The smallest absolute Gasteiger partial charge is 0.150 e. The molecule has 5 heteroatoms. The van der Waals surface area contributed by atoms with E-state index < -0.39 is 0 Å². The summed E-state index contributed by atoms with van der Waals surface area (Å²) in [4.78, 5) is 2.35. The van der Waals surface area contributed by atoms with Crippen LogP contribution in [0.2, 0.25) is 0 Å². The fourth-order valence-corrected chi connectivity index (χ4v) is 3.35. The van der Waals surface area contributed by atoms with Crippen molar-refractivity contribution in [2.75, 3.05) is 29.5 Å². The van der Waals surface area contributed by atoms with Gasteiger partial charge in [0.25, 0.3) is 0 Å². The third-order valence-electron chi connectivity index (χ3n) is 2.96. The predicted octanol–water partition coefficient (Wildman–Crippen LogP) is 1.64. The highest BCUT2D eigenvalue weighted by atomic mass is 32.2. The lowest BCUT2D eigenvalue weighted by atomic mass is 10.2. The van der Waals surface area contributed by atoms with Gasteiger partial charge in [-0.1, -0.05) is 0 Å². The first-order valence-corrected chi connectivity index (χ1v) is 6.57. The third-order valence-corrected chi connectivity index (χ3v) is 4.26. The molecule has 0 atom stereocenters. The number of nitrogens with zero attached hydrogens (tertiary/aromatic N) is 3. The molecule has 1 aliphatic rings. The number of nitrogens with two attached hydrogens (primary N) is 1. The summed E-state index contributed by atoms with van der Waals surface area (Å²) in [5.41, 5.74) is 7.84. The summed E-state index contributed by atoms with van der Waals surface area (Å²) in [6.07, 6.45) is 0. The number of aryl methyl sites for hydroxylation is 2. The fourth-order valence-electron chi connectivity index (χ4n) is 2.23. The lowest BCUT2D eigenvalue weighted by Crippen LogP contribution is -2.44. The van der Waals surface area contributed by atoms with Crippen molar-refractivity contribution in [2.24, 2.45) is 7.05 Å². The van der Waals surface area contributed by atoms with Gasteiger partial charge in [-0.2, -0.15) is 16.9 Å². The number of hydrogen-bond donors (Lipinski definition) is 1. The predicted molar refractivity (Wildman–Crippen MR) is 71.1 cm³/mol. The molecule has 0 radical (unpaired) electrons. The molecule has 2 rings (SSSR count). The Hall–Kier alpha value is -0.840. The summed E-state index contributed by atoms with van der Waals surface area (Å²) in [6.45, 7) is 8.60. The second-order valence-corrected chi connectivity index (χ2v) is 6.78. The molecule has 4 nitrogen and oxygen atoms in total. The molecule has 0 bridgehead atoms. The van der Waals surface area contributed by atoms with Crippen LogP contribution in [-0.4, -0.2) is 33.4 Å². The average Bonchev–Trinajstić information content (AvgIpc) is 2.39. The third kappa shape index (κ3) is 2.00. The van der Waals surface area contributed by atoms with Crippen molar-refractivity contribution < 1.29 is 0 Å². The fraction of sp³-hybridized carbons (Fsp3) is 0.727. The molecule has 0 unspecified atom stereocenters. The molecule has 1 aromatic rings. The Morgan fingerprint density at radius 1 is 1.44 bits per heavy atom. The number of aromatic nitrogens is 2. The van der Waals surface area contributed by atoms with E-state index in [0.717, 1.165) is 36.0 Å². The van der Waals surface area contributed by atoms with Crippen LogP contribution in [0, 0.1) is 6.92 Å². The monoisotopic (exact) mass is 240 g/mol. The molecule has 1 fully saturated rings. The molecule has 1 saturated heterocycles. The van der Waals surface area contributed by atoms with Gasteiger partial charge < -0.3 is 10.6 Å². The maximum atomic E-state index is 6.09. The molecule has 0 saturated carbocycles. The minimum atomic E-state index is 0.295. The Morgan fingerprint density at radius 3 is 2.62 bits per heavy atom. The molecule has 0 aromatic carbocycles. The average molecular weight is 240 g/mol. The highest BCUT2D eigenvalue weighted by molar-refractivity contribution is 8.00. The standard InChI is InChI=1S/C11H20N4S/c1-8-9(12)10(14(4)13-8)15-5-6-16-11(2,3)7-15/h5-7,12H2,1-4H3. The number of anilines is 2. The molecule has 90 valence electrons. The van der Waals surface area contributed by atoms with Gasteiger partial charge in [0.1, 0.15) is 5.82 Å². The first-order valence-electron chi connectivity index (χ1n) is 5.59. The highest BCUT2D eigenvalue weighted by Crippen LogP contribution is 2.34. The van der Waals surface area contributed by atoms with Gasteiger partial charge in [-0.25, -0.2) is 0 Å². The van der Waals surface area contributed by atoms with Crippen LogP contribution >= 0.6 is 11.8 Å². The normalized spacial score (nSPS) is 20.1. The molecular formula is C11H20N4S. The zero-order valence-corrected chi connectivity index (χ0v) is 11.3. The highest BCUT2D eigenvalue weighted by Gasteiger charge is 2.29. The van der Waals surface area contributed by atoms with E-state index >= 15 is 0 Å². The van der Waals surface area contributed by atoms with E-state index in [4.69, 9.17) is 5.73 Å². The van der Waals surface area contributed by atoms with Crippen molar-refractivity contribution in [1.29, 1.82) is 0 Å². The molecule has 0 amide bonds. The maximum Gasteiger partial charge on any atom is 0.150 e. The van der Waals surface area contributed by atoms with E-state index in [-0.39, 0.29) is 0 Å². The van der Waals surface area contributed by atoms with Crippen LogP contribution in [0.1, 0.15) is 19.5 Å². The number of rotatable bonds is 1. The molecule has 0 aliphatic carbocycles. The van der Waals surface area contributed by atoms with Crippen molar-refractivity contribution in [1.82, 2.24) is 9.78 Å². The van der Waals surface area contributed by atoms with Crippen LogP contribution in [0.3, 0.4) is 0 Å². The van der Waals surface area contributed by atoms with Crippen molar-refractivity contribution in [2.45, 2.75) is 25.5 Å². The second kappa shape index (κ2) is 3.87. The Bertz CT molecular complexity index is 397. The van der Waals surface area contributed by atoms with Gasteiger partial charge in [0.05, 0.1) is 11.4 Å². The maximum absolute atomic E-state index is 6.09. The SMILES string of the molecule is Cc1nn(C)c(N2CCSC(C)(C)C2)c1N. The van der Waals surface area contributed by atoms with Gasteiger partial charge in [0.2, 0.25) is 0 Å². The molecule has 1 aliphatic heterocycles. The molecule has 1 aromatic heterocycles. The zero-order valence-electron chi connectivity index (χ0n) is 10.4. The molecule has 2 heterocycles. The second-order valence-electron chi connectivity index (χ2n) is 4.98. The van der Waals surface area contributed by atoms with Crippen LogP contribution in [0.25, 0.3) is 0 Å². The van der Waals surface area contributed by atoms with Crippen molar-refractivity contribution in [3.63, 3.8) is 0 Å². The van der Waals surface area contributed by atoms with E-state index in [1.54, 1.807) is 0 Å². The Kier molecular flexibility index (Phi) is 2.82. The summed E-state index contributed by atoms with van der Waals surface area (Å²) < 4.78 is 2.19. The summed E-state index contributed by atoms with van der Waals surface area (Å²) in [5.74, 6) is 2.22. The first kappa shape index (κ1) is 11.6. The molecule has 16 heavy (non-hydrogen) atoms. The van der Waals surface area contributed by atoms with Crippen LogP contribution < -0.4 is 10.6 Å². The summed E-state index contributed by atoms with van der Waals surface area (Å²) in [7, 11) is 1.97.